The summed E-state index contributed by atoms with van der Waals surface area (Å²) in [4.78, 5) is 18.0. The van der Waals surface area contributed by atoms with Crippen LogP contribution in [-0.4, -0.2) is 20.4 Å². The van der Waals surface area contributed by atoms with Crippen molar-refractivity contribution in [2.24, 2.45) is 0 Å². The Hall–Kier alpha value is -2.96. The molecule has 4 nitrogen and oxygen atoms in total. The van der Waals surface area contributed by atoms with Gasteiger partial charge in [0.15, 0.2) is 5.78 Å². The number of aromatic nitrogens is 2. The van der Waals surface area contributed by atoms with Gasteiger partial charge in [-0.1, -0.05) is 60.3 Å². The number of thioether (sulfide) groups is 1. The Balaban J connectivity index is 1.59. The molecule has 0 saturated carbocycles. The van der Waals surface area contributed by atoms with Gasteiger partial charge in [-0.15, -0.1) is 11.3 Å². The number of para-hydroxylation sites is 1. The molecule has 30 heavy (non-hydrogen) atoms. The summed E-state index contributed by atoms with van der Waals surface area (Å²) in [6, 6.07) is 18.7. The van der Waals surface area contributed by atoms with E-state index in [9.17, 15) is 4.79 Å². The van der Waals surface area contributed by atoms with Crippen molar-refractivity contribution in [2.75, 3.05) is 0 Å². The predicted octanol–water partition coefficient (Wildman–Crippen LogP) is 5.87. The molecule has 0 spiro atoms. The first kappa shape index (κ1) is 19.0. The van der Waals surface area contributed by atoms with Crippen molar-refractivity contribution in [3.8, 4) is 0 Å². The molecule has 1 aliphatic rings. The second-order valence-electron chi connectivity index (χ2n) is 7.23. The molecule has 0 bridgehead atoms. The minimum Gasteiger partial charge on any atom is -0.340 e. The third-order valence-electron chi connectivity index (χ3n) is 5.42. The van der Waals surface area contributed by atoms with E-state index in [0.29, 0.717) is 15.0 Å². The molecule has 1 atom stereocenters. The second kappa shape index (κ2) is 7.70. The summed E-state index contributed by atoms with van der Waals surface area (Å²) in [5, 5.41) is 12.4. The van der Waals surface area contributed by atoms with E-state index in [4.69, 9.17) is 5.41 Å². The first-order valence-corrected chi connectivity index (χ1v) is 11.4. The predicted molar refractivity (Wildman–Crippen MR) is 125 cm³/mol. The maximum Gasteiger partial charge on any atom is 0.186 e. The number of ketones is 1. The minimum absolute atomic E-state index is 0.0285. The molecule has 1 aliphatic heterocycles. The highest BCUT2D eigenvalue weighted by Gasteiger charge is 2.38. The van der Waals surface area contributed by atoms with Crippen LogP contribution in [0.2, 0.25) is 0 Å². The zero-order valence-electron chi connectivity index (χ0n) is 16.3. The molecular weight excluding hydrogens is 410 g/mol. The Morgan fingerprint density at radius 1 is 1.13 bits per heavy atom. The lowest BCUT2D eigenvalue weighted by molar-refractivity contribution is -0.114. The van der Waals surface area contributed by atoms with E-state index in [1.165, 1.54) is 28.7 Å². The fourth-order valence-corrected chi connectivity index (χ4v) is 5.72. The monoisotopic (exact) mass is 429 g/mol. The molecule has 4 aromatic rings. The van der Waals surface area contributed by atoms with Crippen molar-refractivity contribution in [3.63, 3.8) is 0 Å². The summed E-state index contributed by atoms with van der Waals surface area (Å²) in [5.74, 6) is -0.585. The highest BCUT2D eigenvalue weighted by atomic mass is 32.2. The molecule has 2 aromatic carbocycles. The van der Waals surface area contributed by atoms with Crippen LogP contribution in [0.1, 0.15) is 27.7 Å². The smallest absolute Gasteiger partial charge is 0.186 e. The molecule has 148 valence electrons. The number of thiazole rings is 1. The Morgan fingerprint density at radius 2 is 1.90 bits per heavy atom. The van der Waals surface area contributed by atoms with Crippen LogP contribution >= 0.6 is 23.1 Å². The van der Waals surface area contributed by atoms with E-state index in [1.807, 2.05) is 29.7 Å². The number of benzene rings is 2. The van der Waals surface area contributed by atoms with Crippen LogP contribution < -0.4 is 0 Å². The Morgan fingerprint density at radius 3 is 2.67 bits per heavy atom. The van der Waals surface area contributed by atoms with Gasteiger partial charge in [-0.25, -0.2) is 4.98 Å². The maximum atomic E-state index is 13.1. The molecule has 0 aliphatic carbocycles. The van der Waals surface area contributed by atoms with E-state index in [1.54, 1.807) is 6.20 Å². The summed E-state index contributed by atoms with van der Waals surface area (Å²) >= 11 is 2.69. The standard InChI is InChI=1S/C24H19N3OS2/c1-15-18(13-20-22(28)21(23(25)30-20)24-26-11-12-29-24)17-9-5-6-10-19(17)27(15)14-16-7-3-2-4-8-16/h2-13,21,25H,14H2,1H3/b20-13-,25-23?/t21-/m0/s1. The summed E-state index contributed by atoms with van der Waals surface area (Å²) in [6.07, 6.45) is 3.66. The van der Waals surface area contributed by atoms with Crippen molar-refractivity contribution in [3.05, 3.63) is 92.9 Å². The molecule has 6 heteroatoms. The van der Waals surface area contributed by atoms with E-state index in [0.717, 1.165) is 28.7 Å². The number of hydrogen-bond acceptors (Lipinski definition) is 5. The third kappa shape index (κ3) is 3.22. The number of carbonyl (C=O) groups excluding carboxylic acids is 1. The number of rotatable bonds is 4. The fraction of sp³-hybridized carbons (Fsp3) is 0.125. The molecule has 5 rings (SSSR count). The maximum absolute atomic E-state index is 13.1. The molecule has 0 unspecified atom stereocenters. The second-order valence-corrected chi connectivity index (χ2v) is 9.24. The van der Waals surface area contributed by atoms with Gasteiger partial charge in [0.2, 0.25) is 0 Å². The van der Waals surface area contributed by atoms with E-state index in [2.05, 4.69) is 52.9 Å². The van der Waals surface area contributed by atoms with Crippen LogP contribution in [-0.2, 0) is 11.3 Å². The van der Waals surface area contributed by atoms with Crippen molar-refractivity contribution in [1.29, 1.82) is 5.41 Å². The van der Waals surface area contributed by atoms with Gasteiger partial charge in [0, 0.05) is 40.3 Å². The highest BCUT2D eigenvalue weighted by molar-refractivity contribution is 8.19. The fourth-order valence-electron chi connectivity index (χ4n) is 3.93. The van der Waals surface area contributed by atoms with E-state index >= 15 is 0 Å². The molecule has 3 heterocycles. The van der Waals surface area contributed by atoms with E-state index in [-0.39, 0.29) is 5.78 Å². The SMILES string of the molecule is Cc1c(/C=C2\SC(=N)[C@@H](c3nccs3)C2=O)c2ccccc2n1Cc1ccccc1. The largest absolute Gasteiger partial charge is 0.340 e. The van der Waals surface area contributed by atoms with Gasteiger partial charge in [-0.2, -0.15) is 0 Å². The van der Waals surface area contributed by atoms with Crippen LogP contribution in [0.3, 0.4) is 0 Å². The average Bonchev–Trinajstić information content (AvgIpc) is 3.44. The topological polar surface area (TPSA) is 58.7 Å². The number of nitrogens with zero attached hydrogens (tertiary/aromatic N) is 2. The van der Waals surface area contributed by atoms with E-state index < -0.39 is 5.92 Å². The number of Topliss-reactive ketones (excluding diaryl/α,β-unsaturated/α-hetero) is 1. The number of carbonyl (C=O) groups is 1. The van der Waals surface area contributed by atoms with Gasteiger partial charge in [0.05, 0.1) is 9.95 Å². The van der Waals surface area contributed by atoms with Gasteiger partial charge in [0.1, 0.15) is 10.9 Å². The van der Waals surface area contributed by atoms with Gasteiger partial charge in [0.25, 0.3) is 0 Å². The number of hydrogen-bond donors (Lipinski definition) is 1. The third-order valence-corrected chi connectivity index (χ3v) is 7.26. The number of fused-ring (bicyclic) bond motifs is 1. The highest BCUT2D eigenvalue weighted by Crippen LogP contribution is 2.42. The normalized spacial score (nSPS) is 18.0. The Labute approximate surface area is 182 Å². The van der Waals surface area contributed by atoms with Crippen LogP contribution in [0, 0.1) is 12.3 Å². The first-order valence-electron chi connectivity index (χ1n) is 9.67. The Kier molecular flexibility index (Phi) is 4.89. The molecule has 1 N–H and O–H groups in total. The molecule has 0 radical (unpaired) electrons. The van der Waals surface area contributed by atoms with Crippen LogP contribution in [0.5, 0.6) is 0 Å². The van der Waals surface area contributed by atoms with Crippen molar-refractivity contribution in [2.45, 2.75) is 19.4 Å². The molecule has 1 fully saturated rings. The number of allylic oxidation sites excluding steroid dienone is 1. The minimum atomic E-state index is -0.556. The zero-order chi connectivity index (χ0) is 20.7. The van der Waals surface area contributed by atoms with Crippen LogP contribution in [0.15, 0.2) is 71.1 Å². The lowest BCUT2D eigenvalue weighted by atomic mass is 10.0. The van der Waals surface area contributed by atoms with Crippen LogP contribution in [0.25, 0.3) is 17.0 Å². The van der Waals surface area contributed by atoms with Crippen molar-refractivity contribution >= 4 is 50.9 Å². The summed E-state index contributed by atoms with van der Waals surface area (Å²) in [7, 11) is 0. The molecule has 1 saturated heterocycles. The van der Waals surface area contributed by atoms with Crippen molar-refractivity contribution < 1.29 is 4.79 Å². The van der Waals surface area contributed by atoms with Gasteiger partial charge < -0.3 is 4.57 Å². The van der Waals surface area contributed by atoms with Gasteiger partial charge in [-0.3, -0.25) is 10.2 Å². The first-order chi connectivity index (χ1) is 14.6. The van der Waals surface area contributed by atoms with Gasteiger partial charge >= 0.3 is 0 Å². The lowest BCUT2D eigenvalue weighted by Gasteiger charge is -2.08. The van der Waals surface area contributed by atoms with Crippen molar-refractivity contribution in [1.82, 2.24) is 9.55 Å². The quantitative estimate of drug-likeness (QED) is 0.413. The summed E-state index contributed by atoms with van der Waals surface area (Å²) < 4.78 is 2.30. The molecule has 0 amide bonds. The van der Waals surface area contributed by atoms with Gasteiger partial charge in [-0.05, 0) is 24.6 Å². The number of nitrogens with one attached hydrogen (secondary N) is 1. The summed E-state index contributed by atoms with van der Waals surface area (Å²) in [5.41, 5.74) is 4.54. The Bertz CT molecular complexity index is 1290. The van der Waals surface area contributed by atoms with Crippen LogP contribution in [0.4, 0.5) is 0 Å². The molecular formula is C24H19N3OS2. The lowest BCUT2D eigenvalue weighted by Crippen LogP contribution is -2.11. The summed E-state index contributed by atoms with van der Waals surface area (Å²) in [6.45, 7) is 2.87. The average molecular weight is 430 g/mol. The zero-order valence-corrected chi connectivity index (χ0v) is 18.0. The molecule has 2 aromatic heterocycles.